The van der Waals surface area contributed by atoms with E-state index in [9.17, 15) is 10.2 Å². The molecule has 0 aliphatic carbocycles. The number of aromatic hydroxyl groups is 2. The van der Waals surface area contributed by atoms with E-state index < -0.39 is 0 Å². The first-order valence-electron chi connectivity index (χ1n) is 5.40. The minimum atomic E-state index is -0.184. The van der Waals surface area contributed by atoms with E-state index in [1.165, 1.54) is 12.3 Å². The van der Waals surface area contributed by atoms with Crippen LogP contribution in [0.3, 0.4) is 0 Å². The van der Waals surface area contributed by atoms with E-state index in [0.29, 0.717) is 17.0 Å². The van der Waals surface area contributed by atoms with Crippen LogP contribution in [0.4, 0.5) is 5.69 Å². The van der Waals surface area contributed by atoms with Crippen LogP contribution < -0.4 is 4.74 Å². The predicted octanol–water partition coefficient (Wildman–Crippen LogP) is 2.86. The molecule has 0 saturated heterocycles. The van der Waals surface area contributed by atoms with E-state index >= 15 is 0 Å². The summed E-state index contributed by atoms with van der Waals surface area (Å²) in [4.78, 5) is 4.23. The standard InChI is InChI=1S/C14H13NO3/c1-18-13-8-3-2-6-11(13)15-9-10-5-4-7-12(16)14(10)17/h2-9,16-17H,1H3. The molecule has 0 saturated carbocycles. The van der Waals surface area contributed by atoms with Crippen LogP contribution in [0.15, 0.2) is 47.5 Å². The number of benzene rings is 2. The summed E-state index contributed by atoms with van der Waals surface area (Å²) >= 11 is 0. The number of para-hydroxylation sites is 3. The van der Waals surface area contributed by atoms with Gasteiger partial charge in [-0.25, -0.2) is 0 Å². The highest BCUT2D eigenvalue weighted by atomic mass is 16.5. The summed E-state index contributed by atoms with van der Waals surface area (Å²) in [5.41, 5.74) is 1.10. The number of phenols is 2. The molecule has 0 aliphatic rings. The molecule has 18 heavy (non-hydrogen) atoms. The zero-order chi connectivity index (χ0) is 13.0. The Morgan fingerprint density at radius 1 is 1.06 bits per heavy atom. The van der Waals surface area contributed by atoms with Gasteiger partial charge in [-0.2, -0.15) is 0 Å². The molecule has 2 aromatic carbocycles. The van der Waals surface area contributed by atoms with Crippen LogP contribution in [0.5, 0.6) is 17.2 Å². The van der Waals surface area contributed by atoms with Gasteiger partial charge in [0, 0.05) is 11.8 Å². The maximum atomic E-state index is 9.63. The third kappa shape index (κ3) is 2.43. The number of nitrogens with zero attached hydrogens (tertiary/aromatic N) is 1. The molecule has 0 bridgehead atoms. The van der Waals surface area contributed by atoms with Gasteiger partial charge in [-0.3, -0.25) is 4.99 Å². The highest BCUT2D eigenvalue weighted by Crippen LogP contribution is 2.29. The summed E-state index contributed by atoms with van der Waals surface area (Å²) in [6.07, 6.45) is 1.48. The normalized spacial score (nSPS) is 10.7. The lowest BCUT2D eigenvalue weighted by Crippen LogP contribution is -1.85. The summed E-state index contributed by atoms with van der Waals surface area (Å²) in [5, 5.41) is 19.0. The second-order valence-electron chi connectivity index (χ2n) is 3.65. The van der Waals surface area contributed by atoms with Crippen LogP contribution in [-0.2, 0) is 0 Å². The molecule has 0 radical (unpaired) electrons. The monoisotopic (exact) mass is 243 g/mol. The molecule has 0 fully saturated rings. The van der Waals surface area contributed by atoms with Gasteiger partial charge in [0.05, 0.1) is 7.11 Å². The van der Waals surface area contributed by atoms with Gasteiger partial charge >= 0.3 is 0 Å². The van der Waals surface area contributed by atoms with Gasteiger partial charge in [-0.05, 0) is 24.3 Å². The Labute approximate surface area is 105 Å². The van der Waals surface area contributed by atoms with E-state index in [2.05, 4.69) is 4.99 Å². The Bertz CT molecular complexity index is 579. The van der Waals surface area contributed by atoms with Crippen molar-refractivity contribution in [3.05, 3.63) is 48.0 Å². The van der Waals surface area contributed by atoms with Gasteiger partial charge in [0.2, 0.25) is 0 Å². The molecular weight excluding hydrogens is 230 g/mol. The number of hydrogen-bond acceptors (Lipinski definition) is 4. The van der Waals surface area contributed by atoms with Crippen molar-refractivity contribution >= 4 is 11.9 Å². The lowest BCUT2D eigenvalue weighted by Gasteiger charge is -2.03. The van der Waals surface area contributed by atoms with Crippen LogP contribution in [0.25, 0.3) is 0 Å². The molecule has 0 aromatic heterocycles. The number of methoxy groups -OCH3 is 1. The molecule has 0 amide bonds. The summed E-state index contributed by atoms with van der Waals surface area (Å²) in [6.45, 7) is 0. The molecule has 0 unspecified atom stereocenters. The first-order valence-corrected chi connectivity index (χ1v) is 5.40. The molecule has 4 nitrogen and oxygen atoms in total. The van der Waals surface area contributed by atoms with E-state index in [0.717, 1.165) is 0 Å². The summed E-state index contributed by atoms with van der Waals surface area (Å²) in [6, 6.07) is 12.0. The summed E-state index contributed by atoms with van der Waals surface area (Å²) in [5.74, 6) is 0.295. The molecular formula is C14H13NO3. The van der Waals surface area contributed by atoms with Crippen molar-refractivity contribution in [2.24, 2.45) is 4.99 Å². The minimum Gasteiger partial charge on any atom is -0.504 e. The number of aliphatic imine (C=N–C) groups is 1. The van der Waals surface area contributed by atoms with Crippen LogP contribution in [0.1, 0.15) is 5.56 Å². The van der Waals surface area contributed by atoms with Crippen LogP contribution in [0, 0.1) is 0 Å². The number of rotatable bonds is 3. The van der Waals surface area contributed by atoms with Crippen molar-refractivity contribution in [1.29, 1.82) is 0 Å². The van der Waals surface area contributed by atoms with Gasteiger partial charge in [0.1, 0.15) is 11.4 Å². The van der Waals surface area contributed by atoms with E-state index in [4.69, 9.17) is 4.74 Å². The lowest BCUT2D eigenvalue weighted by atomic mass is 10.2. The zero-order valence-electron chi connectivity index (χ0n) is 9.87. The fourth-order valence-corrected chi connectivity index (χ4v) is 1.53. The Hall–Kier alpha value is -2.49. The summed E-state index contributed by atoms with van der Waals surface area (Å²) in [7, 11) is 1.57. The van der Waals surface area contributed by atoms with E-state index in [1.807, 2.05) is 12.1 Å². The third-order valence-electron chi connectivity index (χ3n) is 2.47. The molecule has 0 atom stereocenters. The fourth-order valence-electron chi connectivity index (χ4n) is 1.53. The number of ether oxygens (including phenoxy) is 1. The van der Waals surface area contributed by atoms with Gasteiger partial charge in [-0.15, -0.1) is 0 Å². The highest BCUT2D eigenvalue weighted by Gasteiger charge is 2.03. The van der Waals surface area contributed by atoms with E-state index in [-0.39, 0.29) is 11.5 Å². The molecule has 2 N–H and O–H groups in total. The SMILES string of the molecule is COc1ccccc1N=Cc1cccc(O)c1O. The molecule has 2 rings (SSSR count). The van der Waals surface area contributed by atoms with Gasteiger partial charge in [0.15, 0.2) is 11.5 Å². The number of hydrogen-bond donors (Lipinski definition) is 2. The van der Waals surface area contributed by atoms with Gasteiger partial charge in [0.25, 0.3) is 0 Å². The van der Waals surface area contributed by atoms with Crippen molar-refractivity contribution in [2.45, 2.75) is 0 Å². The Morgan fingerprint density at radius 2 is 1.83 bits per heavy atom. The largest absolute Gasteiger partial charge is 0.504 e. The Balaban J connectivity index is 2.33. The molecule has 0 heterocycles. The summed E-state index contributed by atoms with van der Waals surface area (Å²) < 4.78 is 5.16. The van der Waals surface area contributed by atoms with Crippen molar-refractivity contribution in [2.75, 3.05) is 7.11 Å². The maximum absolute atomic E-state index is 9.63. The van der Waals surface area contributed by atoms with Crippen LogP contribution in [-0.4, -0.2) is 23.5 Å². The van der Waals surface area contributed by atoms with Crippen molar-refractivity contribution in [3.8, 4) is 17.2 Å². The third-order valence-corrected chi connectivity index (χ3v) is 2.47. The minimum absolute atomic E-state index is 0.168. The average Bonchev–Trinajstić information content (AvgIpc) is 2.41. The first kappa shape index (κ1) is 12.0. The number of phenolic OH excluding ortho intramolecular Hbond substituents is 2. The maximum Gasteiger partial charge on any atom is 0.166 e. The van der Waals surface area contributed by atoms with Gasteiger partial charge in [-0.1, -0.05) is 18.2 Å². The van der Waals surface area contributed by atoms with Crippen LogP contribution >= 0.6 is 0 Å². The average molecular weight is 243 g/mol. The zero-order valence-corrected chi connectivity index (χ0v) is 9.87. The lowest BCUT2D eigenvalue weighted by molar-refractivity contribution is 0.403. The van der Waals surface area contributed by atoms with E-state index in [1.54, 1.807) is 31.4 Å². The van der Waals surface area contributed by atoms with Gasteiger partial charge < -0.3 is 14.9 Å². The predicted molar refractivity (Wildman–Crippen MR) is 70.0 cm³/mol. The molecule has 0 aliphatic heterocycles. The quantitative estimate of drug-likeness (QED) is 0.643. The highest BCUT2D eigenvalue weighted by molar-refractivity contribution is 5.87. The second-order valence-corrected chi connectivity index (χ2v) is 3.65. The van der Waals surface area contributed by atoms with Crippen molar-refractivity contribution in [3.63, 3.8) is 0 Å². The Morgan fingerprint density at radius 3 is 2.61 bits per heavy atom. The fraction of sp³-hybridized carbons (Fsp3) is 0.0714. The molecule has 92 valence electrons. The van der Waals surface area contributed by atoms with Crippen molar-refractivity contribution in [1.82, 2.24) is 0 Å². The second kappa shape index (κ2) is 5.23. The van der Waals surface area contributed by atoms with Crippen LogP contribution in [0.2, 0.25) is 0 Å². The smallest absolute Gasteiger partial charge is 0.166 e. The Kier molecular flexibility index (Phi) is 3.48. The van der Waals surface area contributed by atoms with Crippen molar-refractivity contribution < 1.29 is 14.9 Å². The first-order chi connectivity index (χ1) is 8.72. The molecule has 2 aromatic rings. The molecule has 0 spiro atoms. The molecule has 4 heteroatoms. The topological polar surface area (TPSA) is 62.0 Å².